The highest BCUT2D eigenvalue weighted by molar-refractivity contribution is 7.13. The van der Waals surface area contributed by atoms with Gasteiger partial charge < -0.3 is 29.6 Å². The molecule has 7 heteroatoms. The average Bonchev–Trinajstić information content (AvgIpc) is 3.30. The van der Waals surface area contributed by atoms with Crippen molar-refractivity contribution >= 4 is 11.3 Å². The van der Waals surface area contributed by atoms with Crippen molar-refractivity contribution in [2.45, 2.75) is 111 Å². The summed E-state index contributed by atoms with van der Waals surface area (Å²) in [5.74, 6) is 1.83. The van der Waals surface area contributed by atoms with Gasteiger partial charge in [0.05, 0.1) is 36.2 Å². The average molecular weight is 557 g/mol. The Morgan fingerprint density at radius 3 is 1.47 bits per heavy atom. The third kappa shape index (κ3) is 12.1. The number of unbranched alkanes of at least 4 members (excludes halogenated alkanes) is 2. The molecule has 0 saturated carbocycles. The van der Waals surface area contributed by atoms with Crippen LogP contribution in [-0.2, 0) is 20.3 Å². The van der Waals surface area contributed by atoms with E-state index < -0.39 is 0 Å². The van der Waals surface area contributed by atoms with E-state index in [9.17, 15) is 0 Å². The Hall–Kier alpha value is -0.860. The van der Waals surface area contributed by atoms with Crippen molar-refractivity contribution in [2.24, 2.45) is 0 Å². The van der Waals surface area contributed by atoms with E-state index in [4.69, 9.17) is 18.9 Å². The molecule has 38 heavy (non-hydrogen) atoms. The minimum atomic E-state index is 0.00344. The summed E-state index contributed by atoms with van der Waals surface area (Å²) >= 11 is 1.88. The number of rotatable bonds is 25. The molecule has 0 atom stereocenters. The van der Waals surface area contributed by atoms with Gasteiger partial charge in [0.1, 0.15) is 13.2 Å². The van der Waals surface area contributed by atoms with Crippen molar-refractivity contribution in [1.82, 2.24) is 10.6 Å². The number of hydrogen-bond donors (Lipinski definition) is 2. The van der Waals surface area contributed by atoms with Gasteiger partial charge in [0, 0.05) is 23.9 Å². The van der Waals surface area contributed by atoms with Crippen LogP contribution >= 0.6 is 11.3 Å². The lowest BCUT2D eigenvalue weighted by molar-refractivity contribution is 0.0917. The van der Waals surface area contributed by atoms with Crippen LogP contribution in [0, 0.1) is 0 Å². The molecule has 0 aromatic carbocycles. The monoisotopic (exact) mass is 556 g/mol. The van der Waals surface area contributed by atoms with Crippen molar-refractivity contribution in [2.75, 3.05) is 65.8 Å². The zero-order valence-corrected chi connectivity index (χ0v) is 26.9. The molecule has 0 aliphatic carbocycles. The summed E-state index contributed by atoms with van der Waals surface area (Å²) in [6, 6.07) is 0. The maximum Gasteiger partial charge on any atom is 0.176 e. The predicted octanol–water partition coefficient (Wildman–Crippen LogP) is 7.08. The number of ether oxygens (including phenoxy) is 4. The SMILES string of the molecule is CCCCNCCOCCOc1c(C(C)(C)CC)sc(C(C)(CC)CC)c1OCCOCCNCCCC. The second kappa shape index (κ2) is 20.1. The summed E-state index contributed by atoms with van der Waals surface area (Å²) < 4.78 is 24.7. The molecule has 1 rings (SSSR count). The van der Waals surface area contributed by atoms with Crippen molar-refractivity contribution in [3.63, 3.8) is 0 Å². The molecule has 0 aliphatic heterocycles. The van der Waals surface area contributed by atoms with E-state index in [1.165, 1.54) is 35.4 Å². The van der Waals surface area contributed by atoms with Gasteiger partial charge in [-0.2, -0.15) is 0 Å². The maximum atomic E-state index is 6.51. The molecule has 0 spiro atoms. The first-order valence-corrected chi connectivity index (χ1v) is 16.1. The highest BCUT2D eigenvalue weighted by Crippen LogP contribution is 2.54. The first kappa shape index (κ1) is 35.2. The van der Waals surface area contributed by atoms with Crippen LogP contribution in [0.15, 0.2) is 0 Å². The summed E-state index contributed by atoms with van der Waals surface area (Å²) in [5, 5.41) is 6.85. The molecule has 1 heterocycles. The normalized spacial score (nSPS) is 12.3. The zero-order valence-electron chi connectivity index (χ0n) is 26.1. The summed E-state index contributed by atoms with van der Waals surface area (Å²) in [6.07, 6.45) is 7.98. The highest BCUT2D eigenvalue weighted by Gasteiger charge is 2.37. The fraction of sp³-hybridized carbons (Fsp3) is 0.871. The highest BCUT2D eigenvalue weighted by atomic mass is 32.1. The van der Waals surface area contributed by atoms with Gasteiger partial charge in [-0.1, -0.05) is 68.2 Å². The smallest absolute Gasteiger partial charge is 0.176 e. The van der Waals surface area contributed by atoms with E-state index in [0.717, 1.165) is 56.9 Å². The van der Waals surface area contributed by atoms with Crippen LogP contribution in [0.4, 0.5) is 0 Å². The van der Waals surface area contributed by atoms with E-state index >= 15 is 0 Å². The van der Waals surface area contributed by atoms with E-state index in [1.54, 1.807) is 0 Å². The second-order valence-corrected chi connectivity index (χ2v) is 12.1. The molecular formula is C31H60N2O4S. The first-order valence-electron chi connectivity index (χ1n) is 15.3. The van der Waals surface area contributed by atoms with Crippen molar-refractivity contribution in [3.05, 3.63) is 9.75 Å². The number of hydrogen-bond acceptors (Lipinski definition) is 7. The van der Waals surface area contributed by atoms with Gasteiger partial charge >= 0.3 is 0 Å². The standard InChI is InChI=1S/C31H60N2O4S/c1-9-14-16-32-18-20-34-22-24-36-26-27(37-25-23-35-21-19-33-17-15-10-2)29(31(8,12-4)13-5)38-28(26)30(6,7)11-3/h32-33H,9-25H2,1-8H3. The van der Waals surface area contributed by atoms with Crippen LogP contribution in [0.1, 0.15) is 110 Å². The largest absolute Gasteiger partial charge is 0.486 e. The molecule has 0 bridgehead atoms. The third-order valence-corrected chi connectivity index (χ3v) is 9.46. The Morgan fingerprint density at radius 1 is 0.579 bits per heavy atom. The first-order chi connectivity index (χ1) is 18.3. The number of nitrogens with one attached hydrogen (secondary N) is 2. The molecule has 0 saturated heterocycles. The van der Waals surface area contributed by atoms with Crippen LogP contribution in [0.5, 0.6) is 11.5 Å². The van der Waals surface area contributed by atoms with Gasteiger partial charge in [0.25, 0.3) is 0 Å². The molecule has 224 valence electrons. The lowest BCUT2D eigenvalue weighted by Crippen LogP contribution is -2.23. The minimum Gasteiger partial charge on any atom is -0.486 e. The maximum absolute atomic E-state index is 6.51. The topological polar surface area (TPSA) is 61.0 Å². The van der Waals surface area contributed by atoms with Crippen molar-refractivity contribution < 1.29 is 18.9 Å². The third-order valence-electron chi connectivity index (χ3n) is 7.64. The Kier molecular flexibility index (Phi) is 18.6. The van der Waals surface area contributed by atoms with Crippen molar-refractivity contribution in [1.29, 1.82) is 0 Å². The van der Waals surface area contributed by atoms with Crippen LogP contribution < -0.4 is 20.1 Å². The Balaban J connectivity index is 2.91. The van der Waals surface area contributed by atoms with Crippen LogP contribution in [0.25, 0.3) is 0 Å². The Bertz CT molecular complexity index is 719. The van der Waals surface area contributed by atoms with Crippen LogP contribution in [0.2, 0.25) is 0 Å². The minimum absolute atomic E-state index is 0.00344. The fourth-order valence-electron chi connectivity index (χ4n) is 3.99. The van der Waals surface area contributed by atoms with Gasteiger partial charge in [-0.3, -0.25) is 0 Å². The second-order valence-electron chi connectivity index (χ2n) is 11.1. The molecule has 0 fully saturated rings. The van der Waals surface area contributed by atoms with Gasteiger partial charge in [-0.05, 0) is 45.2 Å². The predicted molar refractivity (Wildman–Crippen MR) is 164 cm³/mol. The molecule has 0 unspecified atom stereocenters. The molecule has 0 aliphatic rings. The van der Waals surface area contributed by atoms with E-state index in [-0.39, 0.29) is 10.8 Å². The quantitative estimate of drug-likeness (QED) is 0.125. The summed E-state index contributed by atoms with van der Waals surface area (Å²) in [6.45, 7) is 25.6. The molecule has 2 N–H and O–H groups in total. The summed E-state index contributed by atoms with van der Waals surface area (Å²) in [5.41, 5.74) is 0.0500. The zero-order chi connectivity index (χ0) is 28.3. The lowest BCUT2D eigenvalue weighted by Gasteiger charge is -2.27. The molecule has 6 nitrogen and oxygen atoms in total. The van der Waals surface area contributed by atoms with Gasteiger partial charge in [-0.15, -0.1) is 11.3 Å². The van der Waals surface area contributed by atoms with Crippen molar-refractivity contribution in [3.8, 4) is 11.5 Å². The summed E-state index contributed by atoms with van der Waals surface area (Å²) in [7, 11) is 0. The Labute approximate surface area is 238 Å². The van der Waals surface area contributed by atoms with Crippen LogP contribution in [-0.4, -0.2) is 65.8 Å². The van der Waals surface area contributed by atoms with E-state index in [1.807, 2.05) is 11.3 Å². The molecule has 1 aromatic rings. The van der Waals surface area contributed by atoms with Gasteiger partial charge in [0.15, 0.2) is 11.5 Å². The fourth-order valence-corrected chi connectivity index (χ4v) is 5.64. The summed E-state index contributed by atoms with van der Waals surface area (Å²) in [4.78, 5) is 2.58. The van der Waals surface area contributed by atoms with Crippen LogP contribution in [0.3, 0.4) is 0 Å². The Morgan fingerprint density at radius 2 is 1.05 bits per heavy atom. The van der Waals surface area contributed by atoms with Gasteiger partial charge in [-0.25, -0.2) is 0 Å². The number of thiophene rings is 1. The molecule has 0 radical (unpaired) electrons. The van der Waals surface area contributed by atoms with Gasteiger partial charge in [0.2, 0.25) is 0 Å². The lowest BCUT2D eigenvalue weighted by atomic mass is 9.82. The van der Waals surface area contributed by atoms with E-state index in [0.29, 0.717) is 39.6 Å². The molecule has 0 amide bonds. The molecular weight excluding hydrogens is 496 g/mol. The molecule has 1 aromatic heterocycles. The van der Waals surface area contributed by atoms with E-state index in [2.05, 4.69) is 66.0 Å².